The number of ether oxygens (including phenoxy) is 1. The van der Waals surface area contributed by atoms with E-state index in [-0.39, 0.29) is 0 Å². The molecule has 0 N–H and O–H groups in total. The van der Waals surface area contributed by atoms with Crippen LogP contribution in [0.4, 0.5) is 0 Å². The average Bonchev–Trinajstić information content (AvgIpc) is 2.48. The van der Waals surface area contributed by atoms with Gasteiger partial charge in [0, 0.05) is 10.9 Å². The topological polar surface area (TPSA) is 9.23 Å². The van der Waals surface area contributed by atoms with E-state index in [1.165, 1.54) is 5.56 Å². The van der Waals surface area contributed by atoms with Crippen molar-refractivity contribution in [1.82, 2.24) is 0 Å². The molecule has 0 radical (unpaired) electrons. The summed E-state index contributed by atoms with van der Waals surface area (Å²) in [4.78, 5) is 0. The van der Waals surface area contributed by atoms with Gasteiger partial charge in [-0.05, 0) is 48.6 Å². The second kappa shape index (κ2) is 8.18. The minimum atomic E-state index is 0.328. The van der Waals surface area contributed by atoms with Gasteiger partial charge in [0.1, 0.15) is 5.75 Å². The summed E-state index contributed by atoms with van der Waals surface area (Å²) in [6, 6.07) is 17.8. The molecular formula is C17H18Cl2O. The van der Waals surface area contributed by atoms with Crippen molar-refractivity contribution in [3.8, 4) is 5.75 Å². The van der Waals surface area contributed by atoms with E-state index in [2.05, 4.69) is 6.07 Å². The molecule has 1 nitrogen and oxygen atoms in total. The standard InChI is InChI=1S/C17H18Cl2O/c18-13-15(14-6-4-8-16(19)12-14)7-5-11-20-17-9-2-1-3-10-17/h1-4,6,8-10,12,15H,5,7,11,13H2. The number of halogens is 2. The fourth-order valence-corrected chi connectivity index (χ4v) is 2.66. The number of para-hydroxylation sites is 1. The summed E-state index contributed by atoms with van der Waals surface area (Å²) >= 11 is 12.1. The number of rotatable bonds is 7. The van der Waals surface area contributed by atoms with E-state index in [1.54, 1.807) is 0 Å². The quantitative estimate of drug-likeness (QED) is 0.483. The van der Waals surface area contributed by atoms with Crippen molar-refractivity contribution in [2.75, 3.05) is 12.5 Å². The molecule has 0 saturated heterocycles. The first-order valence-electron chi connectivity index (χ1n) is 6.79. The van der Waals surface area contributed by atoms with E-state index >= 15 is 0 Å². The average molecular weight is 309 g/mol. The highest BCUT2D eigenvalue weighted by atomic mass is 35.5. The smallest absolute Gasteiger partial charge is 0.119 e. The second-order valence-corrected chi connectivity index (χ2v) is 5.46. The normalized spacial score (nSPS) is 12.1. The number of alkyl halides is 1. The third-order valence-corrected chi connectivity index (χ3v) is 3.82. The molecule has 0 bridgehead atoms. The Morgan fingerprint density at radius 1 is 1.00 bits per heavy atom. The van der Waals surface area contributed by atoms with Gasteiger partial charge in [-0.15, -0.1) is 11.6 Å². The van der Waals surface area contributed by atoms with Gasteiger partial charge in [0.2, 0.25) is 0 Å². The summed E-state index contributed by atoms with van der Waals surface area (Å²) < 4.78 is 5.69. The van der Waals surface area contributed by atoms with Crippen LogP contribution in [0.25, 0.3) is 0 Å². The Morgan fingerprint density at radius 3 is 2.50 bits per heavy atom. The van der Waals surface area contributed by atoms with E-state index in [0.717, 1.165) is 23.6 Å². The minimum absolute atomic E-state index is 0.328. The lowest BCUT2D eigenvalue weighted by molar-refractivity contribution is 0.303. The molecule has 0 saturated carbocycles. The van der Waals surface area contributed by atoms with Crippen molar-refractivity contribution in [2.45, 2.75) is 18.8 Å². The molecule has 2 rings (SSSR count). The molecule has 0 aromatic heterocycles. The van der Waals surface area contributed by atoms with Crippen molar-refractivity contribution in [3.63, 3.8) is 0 Å². The summed E-state index contributed by atoms with van der Waals surface area (Å²) in [5.41, 5.74) is 1.20. The van der Waals surface area contributed by atoms with Gasteiger partial charge in [-0.25, -0.2) is 0 Å². The Morgan fingerprint density at radius 2 is 1.80 bits per heavy atom. The summed E-state index contributed by atoms with van der Waals surface area (Å²) in [6.45, 7) is 0.706. The number of hydrogen-bond donors (Lipinski definition) is 0. The third-order valence-electron chi connectivity index (χ3n) is 3.22. The highest BCUT2D eigenvalue weighted by Crippen LogP contribution is 2.25. The first kappa shape index (κ1) is 15.2. The van der Waals surface area contributed by atoms with Crippen molar-refractivity contribution in [2.24, 2.45) is 0 Å². The van der Waals surface area contributed by atoms with Crippen molar-refractivity contribution < 1.29 is 4.74 Å². The van der Waals surface area contributed by atoms with Crippen LogP contribution in [0.3, 0.4) is 0 Å². The summed E-state index contributed by atoms with van der Waals surface area (Å²) in [6.07, 6.45) is 1.97. The van der Waals surface area contributed by atoms with Gasteiger partial charge in [-0.3, -0.25) is 0 Å². The molecule has 0 spiro atoms. The van der Waals surface area contributed by atoms with E-state index in [0.29, 0.717) is 18.4 Å². The van der Waals surface area contributed by atoms with Crippen molar-refractivity contribution in [3.05, 3.63) is 65.2 Å². The largest absolute Gasteiger partial charge is 0.494 e. The Bertz CT molecular complexity index is 513. The van der Waals surface area contributed by atoms with Gasteiger partial charge in [-0.2, -0.15) is 0 Å². The van der Waals surface area contributed by atoms with Crippen LogP contribution < -0.4 is 4.74 Å². The SMILES string of the molecule is ClCC(CCCOc1ccccc1)c1cccc(Cl)c1. The lowest BCUT2D eigenvalue weighted by Gasteiger charge is -2.15. The molecule has 1 atom stereocenters. The monoisotopic (exact) mass is 308 g/mol. The zero-order valence-corrected chi connectivity index (χ0v) is 12.8. The van der Waals surface area contributed by atoms with E-state index in [1.807, 2.05) is 48.5 Å². The molecule has 20 heavy (non-hydrogen) atoms. The van der Waals surface area contributed by atoms with Crippen LogP contribution in [0.2, 0.25) is 5.02 Å². The Kier molecular flexibility index (Phi) is 6.23. The molecule has 106 valence electrons. The first-order chi connectivity index (χ1) is 9.79. The maximum atomic E-state index is 6.07. The molecule has 2 aromatic carbocycles. The summed E-state index contributed by atoms with van der Waals surface area (Å²) in [7, 11) is 0. The van der Waals surface area contributed by atoms with Gasteiger partial charge in [0.05, 0.1) is 6.61 Å². The molecule has 0 aliphatic carbocycles. The molecule has 0 amide bonds. The molecular weight excluding hydrogens is 291 g/mol. The first-order valence-corrected chi connectivity index (χ1v) is 7.70. The fourth-order valence-electron chi connectivity index (χ4n) is 2.13. The van der Waals surface area contributed by atoms with Crippen molar-refractivity contribution >= 4 is 23.2 Å². The van der Waals surface area contributed by atoms with Gasteiger partial charge in [0.15, 0.2) is 0 Å². The zero-order chi connectivity index (χ0) is 14.2. The summed E-state index contributed by atoms with van der Waals surface area (Å²) in [5, 5.41) is 0.762. The fraction of sp³-hybridized carbons (Fsp3) is 0.294. The van der Waals surface area contributed by atoms with Crippen LogP contribution >= 0.6 is 23.2 Å². The molecule has 0 fully saturated rings. The Balaban J connectivity index is 1.80. The molecule has 2 aromatic rings. The minimum Gasteiger partial charge on any atom is -0.494 e. The summed E-state index contributed by atoms with van der Waals surface area (Å²) in [5.74, 6) is 1.85. The highest BCUT2D eigenvalue weighted by molar-refractivity contribution is 6.30. The lowest BCUT2D eigenvalue weighted by atomic mass is 9.96. The molecule has 0 aliphatic heterocycles. The van der Waals surface area contributed by atoms with Crippen LogP contribution in [-0.2, 0) is 0 Å². The van der Waals surface area contributed by atoms with E-state index in [4.69, 9.17) is 27.9 Å². The van der Waals surface area contributed by atoms with E-state index < -0.39 is 0 Å². The number of hydrogen-bond acceptors (Lipinski definition) is 1. The zero-order valence-electron chi connectivity index (χ0n) is 11.3. The molecule has 0 aliphatic rings. The van der Waals surface area contributed by atoms with Gasteiger partial charge in [0.25, 0.3) is 0 Å². The maximum absolute atomic E-state index is 6.07. The third kappa shape index (κ3) is 4.73. The Hall–Kier alpha value is -1.18. The molecule has 0 heterocycles. The number of benzene rings is 2. The predicted octanol–water partition coefficient (Wildman–Crippen LogP) is 5.52. The van der Waals surface area contributed by atoms with Gasteiger partial charge < -0.3 is 4.74 Å². The maximum Gasteiger partial charge on any atom is 0.119 e. The second-order valence-electron chi connectivity index (χ2n) is 4.71. The predicted molar refractivity (Wildman–Crippen MR) is 86.1 cm³/mol. The van der Waals surface area contributed by atoms with E-state index in [9.17, 15) is 0 Å². The van der Waals surface area contributed by atoms with Crippen LogP contribution in [0, 0.1) is 0 Å². The van der Waals surface area contributed by atoms with Gasteiger partial charge in [-0.1, -0.05) is 41.9 Å². The molecule has 3 heteroatoms. The lowest BCUT2D eigenvalue weighted by Crippen LogP contribution is -2.04. The highest BCUT2D eigenvalue weighted by Gasteiger charge is 2.10. The van der Waals surface area contributed by atoms with Crippen molar-refractivity contribution in [1.29, 1.82) is 0 Å². The van der Waals surface area contributed by atoms with Gasteiger partial charge >= 0.3 is 0 Å². The van der Waals surface area contributed by atoms with Crippen LogP contribution in [-0.4, -0.2) is 12.5 Å². The van der Waals surface area contributed by atoms with Crippen LogP contribution in [0.5, 0.6) is 5.75 Å². The Labute approximate surface area is 130 Å². The van der Waals surface area contributed by atoms with Crippen LogP contribution in [0.15, 0.2) is 54.6 Å². The molecule has 1 unspecified atom stereocenters. The van der Waals surface area contributed by atoms with Crippen LogP contribution in [0.1, 0.15) is 24.3 Å².